The Hall–Kier alpha value is -2.23. The van der Waals surface area contributed by atoms with Gasteiger partial charge in [0.15, 0.2) is 0 Å². The van der Waals surface area contributed by atoms with Crippen molar-refractivity contribution in [3.05, 3.63) is 59.2 Å². The van der Waals surface area contributed by atoms with Crippen LogP contribution in [0.4, 0.5) is 0 Å². The first-order chi connectivity index (χ1) is 11.7. The molecule has 4 nitrogen and oxygen atoms in total. The Bertz CT molecular complexity index is 688. The molecule has 1 aliphatic rings. The molecule has 1 aromatic carbocycles. The summed E-state index contributed by atoms with van der Waals surface area (Å²) in [5, 5.41) is 0. The zero-order chi connectivity index (χ0) is 16.9. The van der Waals surface area contributed by atoms with Gasteiger partial charge in [-0.15, -0.1) is 0 Å². The molecule has 1 aliphatic heterocycles. The molecular weight excluding hydrogens is 298 g/mol. The molecule has 24 heavy (non-hydrogen) atoms. The van der Waals surface area contributed by atoms with E-state index < -0.39 is 0 Å². The summed E-state index contributed by atoms with van der Waals surface area (Å²) in [7, 11) is 0. The molecule has 1 saturated heterocycles. The molecule has 0 N–H and O–H groups in total. The van der Waals surface area contributed by atoms with Gasteiger partial charge in [0.05, 0.1) is 6.42 Å². The second kappa shape index (κ2) is 7.56. The van der Waals surface area contributed by atoms with Gasteiger partial charge in [-0.25, -0.2) is 9.97 Å². The summed E-state index contributed by atoms with van der Waals surface area (Å²) in [6, 6.07) is 10.3. The molecule has 126 valence electrons. The quantitative estimate of drug-likeness (QED) is 0.867. The molecule has 0 atom stereocenters. The van der Waals surface area contributed by atoms with Crippen LogP contribution in [0, 0.1) is 6.92 Å². The van der Waals surface area contributed by atoms with Gasteiger partial charge in [-0.2, -0.15) is 0 Å². The van der Waals surface area contributed by atoms with Gasteiger partial charge in [-0.1, -0.05) is 31.2 Å². The summed E-state index contributed by atoms with van der Waals surface area (Å²) in [6.45, 7) is 5.73. The number of hydrogen-bond acceptors (Lipinski definition) is 3. The van der Waals surface area contributed by atoms with E-state index in [1.165, 1.54) is 5.56 Å². The summed E-state index contributed by atoms with van der Waals surface area (Å²) in [5.41, 5.74) is 3.42. The Kier molecular flexibility index (Phi) is 5.24. The highest BCUT2D eigenvalue weighted by atomic mass is 16.2. The molecule has 2 aromatic rings. The van der Waals surface area contributed by atoms with Crippen LogP contribution in [0.1, 0.15) is 48.3 Å². The number of amides is 1. The van der Waals surface area contributed by atoms with E-state index >= 15 is 0 Å². The van der Waals surface area contributed by atoms with Crippen LogP contribution in [0.15, 0.2) is 36.5 Å². The van der Waals surface area contributed by atoms with Gasteiger partial charge >= 0.3 is 0 Å². The number of nitrogens with zero attached hydrogens (tertiary/aromatic N) is 3. The van der Waals surface area contributed by atoms with Crippen molar-refractivity contribution in [1.82, 2.24) is 14.9 Å². The topological polar surface area (TPSA) is 46.1 Å². The van der Waals surface area contributed by atoms with Crippen LogP contribution >= 0.6 is 0 Å². The second-order valence-corrected chi connectivity index (χ2v) is 6.56. The fourth-order valence-corrected chi connectivity index (χ4v) is 3.23. The van der Waals surface area contributed by atoms with Crippen LogP contribution in [-0.4, -0.2) is 33.9 Å². The average Bonchev–Trinajstić information content (AvgIpc) is 2.62. The van der Waals surface area contributed by atoms with E-state index in [-0.39, 0.29) is 5.91 Å². The third-order valence-corrected chi connectivity index (χ3v) is 4.81. The van der Waals surface area contributed by atoms with Crippen molar-refractivity contribution >= 4 is 5.91 Å². The van der Waals surface area contributed by atoms with Crippen LogP contribution in [-0.2, 0) is 17.6 Å². The van der Waals surface area contributed by atoms with Crippen molar-refractivity contribution in [1.29, 1.82) is 0 Å². The van der Waals surface area contributed by atoms with E-state index in [4.69, 9.17) is 0 Å². The van der Waals surface area contributed by atoms with Crippen LogP contribution in [0.3, 0.4) is 0 Å². The Balaban J connectivity index is 1.54. The lowest BCUT2D eigenvalue weighted by Gasteiger charge is -2.31. The predicted octanol–water partition coefficient (Wildman–Crippen LogP) is 3.30. The van der Waals surface area contributed by atoms with Crippen LogP contribution < -0.4 is 0 Å². The highest BCUT2D eigenvalue weighted by molar-refractivity contribution is 5.78. The van der Waals surface area contributed by atoms with E-state index in [1.807, 2.05) is 24.1 Å². The van der Waals surface area contributed by atoms with Crippen LogP contribution in [0.5, 0.6) is 0 Å². The van der Waals surface area contributed by atoms with E-state index in [9.17, 15) is 4.79 Å². The van der Waals surface area contributed by atoms with Gasteiger partial charge in [0.25, 0.3) is 0 Å². The molecule has 0 bridgehead atoms. The van der Waals surface area contributed by atoms with E-state index in [2.05, 4.69) is 41.2 Å². The number of aromatic nitrogens is 2. The first-order valence-electron chi connectivity index (χ1n) is 8.81. The molecule has 0 radical (unpaired) electrons. The molecule has 2 heterocycles. The third-order valence-electron chi connectivity index (χ3n) is 4.81. The number of rotatable bonds is 4. The number of hydrogen-bond donors (Lipinski definition) is 0. The summed E-state index contributed by atoms with van der Waals surface area (Å²) in [6.07, 6.45) is 5.25. The van der Waals surface area contributed by atoms with Crippen molar-refractivity contribution in [2.75, 3.05) is 13.1 Å². The average molecular weight is 323 g/mol. The Labute approximate surface area is 143 Å². The third kappa shape index (κ3) is 3.99. The Morgan fingerprint density at radius 3 is 2.42 bits per heavy atom. The molecule has 0 spiro atoms. The summed E-state index contributed by atoms with van der Waals surface area (Å²) in [5.74, 6) is 1.53. The fourth-order valence-electron chi connectivity index (χ4n) is 3.23. The van der Waals surface area contributed by atoms with Crippen molar-refractivity contribution in [3.63, 3.8) is 0 Å². The molecule has 1 fully saturated rings. The summed E-state index contributed by atoms with van der Waals surface area (Å²) in [4.78, 5) is 23.4. The molecule has 3 rings (SSSR count). The number of carbonyl (C=O) groups excluding carboxylic acids is 1. The van der Waals surface area contributed by atoms with Crippen molar-refractivity contribution < 1.29 is 4.79 Å². The van der Waals surface area contributed by atoms with E-state index in [1.54, 1.807) is 0 Å². The number of piperidine rings is 1. The lowest BCUT2D eigenvalue weighted by atomic mass is 9.95. The molecule has 1 aromatic heterocycles. The van der Waals surface area contributed by atoms with Gasteiger partial charge in [0.1, 0.15) is 5.82 Å². The number of aryl methyl sites for hydroxylation is 2. The minimum Gasteiger partial charge on any atom is -0.342 e. The number of likely N-dealkylation sites (tertiary alicyclic amines) is 1. The summed E-state index contributed by atoms with van der Waals surface area (Å²) >= 11 is 0. The van der Waals surface area contributed by atoms with Crippen LogP contribution in [0.25, 0.3) is 0 Å². The smallest absolute Gasteiger partial charge is 0.226 e. The lowest BCUT2D eigenvalue weighted by molar-refractivity contribution is -0.131. The number of carbonyl (C=O) groups is 1. The maximum absolute atomic E-state index is 12.5. The lowest BCUT2D eigenvalue weighted by Crippen LogP contribution is -2.39. The molecule has 0 saturated carbocycles. The minimum absolute atomic E-state index is 0.225. The largest absolute Gasteiger partial charge is 0.342 e. The second-order valence-electron chi connectivity index (χ2n) is 6.56. The van der Waals surface area contributed by atoms with E-state index in [0.29, 0.717) is 12.3 Å². The van der Waals surface area contributed by atoms with E-state index in [0.717, 1.165) is 49.4 Å². The summed E-state index contributed by atoms with van der Waals surface area (Å²) < 4.78 is 0. The molecule has 0 aliphatic carbocycles. The van der Waals surface area contributed by atoms with Gasteiger partial charge in [-0.3, -0.25) is 4.79 Å². The molecule has 0 unspecified atom stereocenters. The Morgan fingerprint density at radius 1 is 1.12 bits per heavy atom. The highest BCUT2D eigenvalue weighted by Crippen LogP contribution is 2.25. The number of benzene rings is 1. The maximum atomic E-state index is 12.5. The normalized spacial score (nSPS) is 15.5. The first-order valence-corrected chi connectivity index (χ1v) is 8.81. The molecule has 4 heteroatoms. The van der Waals surface area contributed by atoms with Crippen molar-refractivity contribution in [3.8, 4) is 0 Å². The van der Waals surface area contributed by atoms with Gasteiger partial charge in [-0.05, 0) is 43.4 Å². The highest BCUT2D eigenvalue weighted by Gasteiger charge is 2.25. The fraction of sp³-hybridized carbons (Fsp3) is 0.450. The maximum Gasteiger partial charge on any atom is 0.226 e. The first kappa shape index (κ1) is 16.6. The predicted molar refractivity (Wildman–Crippen MR) is 94.8 cm³/mol. The van der Waals surface area contributed by atoms with Crippen molar-refractivity contribution in [2.45, 2.75) is 45.4 Å². The zero-order valence-electron chi connectivity index (χ0n) is 14.5. The van der Waals surface area contributed by atoms with Crippen LogP contribution in [0.2, 0.25) is 0 Å². The molecule has 1 amide bonds. The SMILES string of the molecule is CCc1ccc(CC(=O)N2CCC(c3nccc(C)n3)CC2)cc1. The van der Waals surface area contributed by atoms with Gasteiger partial charge < -0.3 is 4.90 Å². The van der Waals surface area contributed by atoms with Gasteiger partial charge in [0, 0.05) is 30.9 Å². The standard InChI is InChI=1S/C20H25N3O/c1-3-16-4-6-17(7-5-16)14-19(24)23-12-9-18(10-13-23)20-21-11-8-15(2)22-20/h4-8,11,18H,3,9-10,12-14H2,1-2H3. The monoisotopic (exact) mass is 323 g/mol. The van der Waals surface area contributed by atoms with Gasteiger partial charge in [0.2, 0.25) is 5.91 Å². The zero-order valence-corrected chi connectivity index (χ0v) is 14.5. The van der Waals surface area contributed by atoms with Crippen molar-refractivity contribution in [2.24, 2.45) is 0 Å². The Morgan fingerprint density at radius 2 is 1.79 bits per heavy atom. The minimum atomic E-state index is 0.225. The molecular formula is C20H25N3O.